The summed E-state index contributed by atoms with van der Waals surface area (Å²) in [6.45, 7) is 0.612. The molecule has 1 aliphatic rings. The molecule has 1 aromatic carbocycles. The van der Waals surface area contributed by atoms with Gasteiger partial charge in [-0.2, -0.15) is 0 Å². The number of rotatable bonds is 1. The number of carbonyl (C=O) groups excluding carboxylic acids is 1. The van der Waals surface area contributed by atoms with E-state index in [1.807, 2.05) is 18.2 Å². The third-order valence-corrected chi connectivity index (χ3v) is 3.30. The lowest BCUT2D eigenvalue weighted by molar-refractivity contribution is 0.0963. The summed E-state index contributed by atoms with van der Waals surface area (Å²) >= 11 is 5.68. The maximum absolute atomic E-state index is 12.3. The van der Waals surface area contributed by atoms with Crippen LogP contribution in [0, 0.1) is 0 Å². The second-order valence-corrected chi connectivity index (χ2v) is 4.53. The van der Waals surface area contributed by atoms with Gasteiger partial charge in [0.05, 0.1) is 0 Å². The summed E-state index contributed by atoms with van der Waals surface area (Å²) < 4.78 is 5.15. The number of fused-ring (bicyclic) bond motifs is 1. The molecule has 2 N–H and O–H groups in total. The lowest BCUT2D eigenvalue weighted by Gasteiger charge is -2.15. The topological polar surface area (TPSA) is 59.5 Å². The summed E-state index contributed by atoms with van der Waals surface area (Å²) in [5, 5.41) is 0.213. The van der Waals surface area contributed by atoms with Gasteiger partial charge in [-0.15, -0.1) is 0 Å². The Bertz CT molecular complexity index is 621. The van der Waals surface area contributed by atoms with E-state index in [0.717, 1.165) is 23.4 Å². The average molecular weight is 263 g/mol. The molecule has 2 aromatic rings. The molecule has 0 saturated heterocycles. The van der Waals surface area contributed by atoms with E-state index < -0.39 is 0 Å². The lowest BCUT2D eigenvalue weighted by Crippen LogP contribution is -2.28. The Kier molecular flexibility index (Phi) is 2.52. The Morgan fingerprint density at radius 2 is 2.17 bits per heavy atom. The van der Waals surface area contributed by atoms with Crippen molar-refractivity contribution < 1.29 is 9.21 Å². The van der Waals surface area contributed by atoms with Gasteiger partial charge < -0.3 is 15.1 Å². The molecule has 1 aliphatic heterocycles. The molecule has 4 nitrogen and oxygen atoms in total. The molecule has 0 radical (unpaired) electrons. The Hall–Kier alpha value is -1.94. The summed E-state index contributed by atoms with van der Waals surface area (Å²) in [4.78, 5) is 13.9. The van der Waals surface area contributed by atoms with Gasteiger partial charge in [0.25, 0.3) is 5.91 Å². The number of nitrogens with zero attached hydrogens (tertiary/aromatic N) is 1. The van der Waals surface area contributed by atoms with E-state index >= 15 is 0 Å². The Balaban J connectivity index is 1.97. The summed E-state index contributed by atoms with van der Waals surface area (Å²) in [5.41, 5.74) is 8.49. The number of halogens is 1. The van der Waals surface area contributed by atoms with Crippen LogP contribution in [0.4, 0.5) is 11.4 Å². The number of hydrogen-bond donors (Lipinski definition) is 1. The van der Waals surface area contributed by atoms with E-state index in [2.05, 4.69) is 0 Å². The van der Waals surface area contributed by atoms with Gasteiger partial charge in [-0.1, -0.05) is 6.07 Å². The smallest absolute Gasteiger partial charge is 0.294 e. The van der Waals surface area contributed by atoms with Crippen LogP contribution >= 0.6 is 11.6 Å². The zero-order chi connectivity index (χ0) is 12.7. The van der Waals surface area contributed by atoms with Gasteiger partial charge in [0.1, 0.15) is 0 Å². The zero-order valence-corrected chi connectivity index (χ0v) is 10.3. The zero-order valence-electron chi connectivity index (χ0n) is 9.52. The second-order valence-electron chi connectivity index (χ2n) is 4.16. The molecule has 0 atom stereocenters. The van der Waals surface area contributed by atoms with E-state index in [4.69, 9.17) is 21.8 Å². The highest BCUT2D eigenvalue weighted by molar-refractivity contribution is 6.29. The van der Waals surface area contributed by atoms with Crippen molar-refractivity contribution in [1.29, 1.82) is 0 Å². The first-order valence-electron chi connectivity index (χ1n) is 5.61. The Labute approximate surface area is 109 Å². The monoisotopic (exact) mass is 262 g/mol. The number of benzene rings is 1. The average Bonchev–Trinajstić information content (AvgIpc) is 2.95. The molecular weight excluding hydrogens is 252 g/mol. The fraction of sp³-hybridized carbons (Fsp3) is 0.154. The summed E-state index contributed by atoms with van der Waals surface area (Å²) in [6.07, 6.45) is 0.766. The maximum Gasteiger partial charge on any atom is 0.294 e. The van der Waals surface area contributed by atoms with Crippen LogP contribution in [0.2, 0.25) is 5.22 Å². The highest BCUT2D eigenvalue weighted by atomic mass is 35.5. The van der Waals surface area contributed by atoms with Crippen LogP contribution in [-0.4, -0.2) is 12.5 Å². The van der Waals surface area contributed by atoms with Crippen LogP contribution in [0.5, 0.6) is 0 Å². The molecular formula is C13H11ClN2O2. The van der Waals surface area contributed by atoms with Gasteiger partial charge in [0.2, 0.25) is 0 Å². The van der Waals surface area contributed by atoms with Crippen molar-refractivity contribution in [3.8, 4) is 0 Å². The van der Waals surface area contributed by atoms with E-state index in [0.29, 0.717) is 6.54 Å². The van der Waals surface area contributed by atoms with Crippen molar-refractivity contribution in [2.24, 2.45) is 0 Å². The van der Waals surface area contributed by atoms with E-state index in [9.17, 15) is 4.79 Å². The molecule has 2 heterocycles. The highest BCUT2D eigenvalue weighted by Gasteiger charge is 2.28. The van der Waals surface area contributed by atoms with Crippen LogP contribution in [0.25, 0.3) is 0 Å². The van der Waals surface area contributed by atoms with Gasteiger partial charge in [-0.05, 0) is 42.3 Å². The number of anilines is 2. The predicted molar refractivity (Wildman–Crippen MR) is 70.0 cm³/mol. The van der Waals surface area contributed by atoms with Crippen molar-refractivity contribution in [3.63, 3.8) is 0 Å². The fourth-order valence-electron chi connectivity index (χ4n) is 2.23. The molecule has 5 heteroatoms. The summed E-state index contributed by atoms with van der Waals surface area (Å²) in [5.74, 6) is 0.0570. The SMILES string of the molecule is Nc1cccc2c1CCN2C(=O)c1ccc(Cl)o1. The Morgan fingerprint density at radius 1 is 1.33 bits per heavy atom. The van der Waals surface area contributed by atoms with Crippen molar-refractivity contribution in [2.75, 3.05) is 17.2 Å². The van der Waals surface area contributed by atoms with Crippen molar-refractivity contribution in [2.45, 2.75) is 6.42 Å². The molecule has 1 amide bonds. The molecule has 0 fully saturated rings. The number of amides is 1. The van der Waals surface area contributed by atoms with Crippen LogP contribution in [0.1, 0.15) is 16.1 Å². The van der Waals surface area contributed by atoms with Crippen molar-refractivity contribution in [3.05, 3.63) is 46.9 Å². The normalized spacial score (nSPS) is 13.7. The summed E-state index contributed by atoms with van der Waals surface area (Å²) in [7, 11) is 0. The lowest BCUT2D eigenvalue weighted by atomic mass is 10.1. The number of carbonyl (C=O) groups is 1. The molecule has 0 saturated carbocycles. The molecule has 3 rings (SSSR count). The number of nitrogen functional groups attached to an aromatic ring is 1. The molecule has 0 aliphatic carbocycles. The molecule has 92 valence electrons. The van der Waals surface area contributed by atoms with Crippen molar-refractivity contribution in [1.82, 2.24) is 0 Å². The van der Waals surface area contributed by atoms with E-state index in [1.165, 1.54) is 0 Å². The van der Waals surface area contributed by atoms with Crippen LogP contribution in [-0.2, 0) is 6.42 Å². The largest absolute Gasteiger partial charge is 0.440 e. The quantitative estimate of drug-likeness (QED) is 0.804. The van der Waals surface area contributed by atoms with Crippen LogP contribution < -0.4 is 10.6 Å². The number of furan rings is 1. The van der Waals surface area contributed by atoms with E-state index in [-0.39, 0.29) is 16.9 Å². The minimum atomic E-state index is -0.189. The first kappa shape index (κ1) is 11.2. The fourth-order valence-corrected chi connectivity index (χ4v) is 2.38. The molecule has 0 unspecified atom stereocenters. The third-order valence-electron chi connectivity index (χ3n) is 3.09. The molecule has 0 spiro atoms. The first-order valence-corrected chi connectivity index (χ1v) is 5.99. The maximum atomic E-state index is 12.3. The molecule has 18 heavy (non-hydrogen) atoms. The minimum Gasteiger partial charge on any atom is -0.440 e. The van der Waals surface area contributed by atoms with Crippen LogP contribution in [0.3, 0.4) is 0 Å². The summed E-state index contributed by atoms with van der Waals surface area (Å²) in [6, 6.07) is 8.71. The number of hydrogen-bond acceptors (Lipinski definition) is 3. The number of nitrogens with two attached hydrogens (primary N) is 1. The van der Waals surface area contributed by atoms with Gasteiger partial charge in [0, 0.05) is 23.5 Å². The first-order chi connectivity index (χ1) is 8.66. The molecule has 1 aromatic heterocycles. The van der Waals surface area contributed by atoms with Crippen LogP contribution in [0.15, 0.2) is 34.7 Å². The predicted octanol–water partition coefficient (Wildman–Crippen LogP) is 2.72. The minimum absolute atomic E-state index is 0.189. The third kappa shape index (κ3) is 1.66. The van der Waals surface area contributed by atoms with Gasteiger partial charge in [-0.3, -0.25) is 4.79 Å². The molecule has 0 bridgehead atoms. The van der Waals surface area contributed by atoms with Gasteiger partial charge >= 0.3 is 0 Å². The van der Waals surface area contributed by atoms with E-state index in [1.54, 1.807) is 17.0 Å². The second kappa shape index (κ2) is 4.07. The standard InChI is InChI=1S/C13H11ClN2O2/c14-12-5-4-11(18-12)13(17)16-7-6-8-9(15)2-1-3-10(8)16/h1-5H,6-7,15H2. The highest BCUT2D eigenvalue weighted by Crippen LogP contribution is 2.33. The van der Waals surface area contributed by atoms with Gasteiger partial charge in [-0.25, -0.2) is 0 Å². The van der Waals surface area contributed by atoms with Crippen molar-refractivity contribution >= 4 is 28.9 Å². The van der Waals surface area contributed by atoms with Gasteiger partial charge in [0.15, 0.2) is 11.0 Å². The Morgan fingerprint density at radius 3 is 2.89 bits per heavy atom.